The number of hydrazine groups is 1. The Morgan fingerprint density at radius 1 is 1.26 bits per heavy atom. The maximum atomic E-state index is 11.9. The molecule has 8 heteroatoms. The molecule has 0 radical (unpaired) electrons. The van der Waals surface area contributed by atoms with Gasteiger partial charge in [-0.3, -0.25) is 4.79 Å². The molecule has 0 saturated heterocycles. The maximum absolute atomic E-state index is 11.9. The number of hydrogen-bond acceptors (Lipinski definition) is 5. The Morgan fingerprint density at radius 2 is 2.05 bits per heavy atom. The lowest BCUT2D eigenvalue weighted by Gasteiger charge is -2.06. The number of nitrogens with two attached hydrogens (primary N) is 1. The summed E-state index contributed by atoms with van der Waals surface area (Å²) in [6, 6.07) is 8.16. The number of nitrogens with one attached hydrogen (secondary N) is 2. The van der Waals surface area contributed by atoms with Crippen LogP contribution in [0.2, 0.25) is 5.02 Å². The fraction of sp³-hybridized carbons (Fsp3) is 0. The Labute approximate surface area is 122 Å². The molecule has 1 amide bonds. The summed E-state index contributed by atoms with van der Waals surface area (Å²) in [5.74, 6) is 5.16. The average Bonchev–Trinajstić information content (AvgIpc) is 2.43. The number of amides is 1. The molecule has 2 rings (SSSR count). The largest absolute Gasteiger partial charge is 0.321 e. The van der Waals surface area contributed by atoms with Crippen LogP contribution in [0.4, 0.5) is 11.5 Å². The van der Waals surface area contributed by atoms with Crippen LogP contribution in [0.25, 0.3) is 0 Å². The van der Waals surface area contributed by atoms with Crippen LogP contribution in [0.1, 0.15) is 10.5 Å². The molecule has 6 nitrogen and oxygen atoms in total. The Bertz CT molecular complexity index is 605. The normalized spacial score (nSPS) is 10.1. The van der Waals surface area contributed by atoms with Gasteiger partial charge in [0.05, 0.1) is 5.02 Å². The molecule has 0 aliphatic heterocycles. The van der Waals surface area contributed by atoms with Crippen molar-refractivity contribution in [1.29, 1.82) is 0 Å². The van der Waals surface area contributed by atoms with E-state index in [9.17, 15) is 4.79 Å². The molecule has 98 valence electrons. The van der Waals surface area contributed by atoms with E-state index in [0.29, 0.717) is 16.5 Å². The van der Waals surface area contributed by atoms with Gasteiger partial charge in [-0.25, -0.2) is 5.84 Å². The highest BCUT2D eigenvalue weighted by Crippen LogP contribution is 2.25. The summed E-state index contributed by atoms with van der Waals surface area (Å²) in [6.45, 7) is 0. The highest BCUT2D eigenvalue weighted by atomic mass is 79.9. The number of nitrogens with zero attached hydrogens (tertiary/aromatic N) is 2. The molecule has 0 atom stereocenters. The summed E-state index contributed by atoms with van der Waals surface area (Å²) >= 11 is 9.21. The standard InChI is InChI=1S/C11H9BrClN5O/c12-7-2-1-6(5-8(7)13)15-11(19)9-3-4-10(16-14)18-17-9/h1-5H,14H2,(H,15,19)(H,16,18). The summed E-state index contributed by atoms with van der Waals surface area (Å²) in [5, 5.41) is 10.6. The summed E-state index contributed by atoms with van der Waals surface area (Å²) in [4.78, 5) is 11.9. The van der Waals surface area contributed by atoms with Gasteiger partial charge in [-0.1, -0.05) is 11.6 Å². The van der Waals surface area contributed by atoms with Crippen molar-refractivity contribution in [1.82, 2.24) is 10.2 Å². The van der Waals surface area contributed by atoms with Crippen molar-refractivity contribution in [3.8, 4) is 0 Å². The number of aromatic nitrogens is 2. The average molecular weight is 343 g/mol. The minimum absolute atomic E-state index is 0.179. The zero-order valence-corrected chi connectivity index (χ0v) is 11.9. The molecule has 4 N–H and O–H groups in total. The fourth-order valence-electron chi connectivity index (χ4n) is 1.30. The van der Waals surface area contributed by atoms with Crippen molar-refractivity contribution in [3.05, 3.63) is 45.5 Å². The first-order valence-electron chi connectivity index (χ1n) is 5.17. The van der Waals surface area contributed by atoms with E-state index in [1.54, 1.807) is 24.3 Å². The molecule has 2 aromatic rings. The number of carbonyl (C=O) groups excluding carboxylic acids is 1. The lowest BCUT2D eigenvalue weighted by Crippen LogP contribution is -2.16. The van der Waals surface area contributed by atoms with Gasteiger partial charge < -0.3 is 10.7 Å². The summed E-state index contributed by atoms with van der Waals surface area (Å²) < 4.78 is 0.755. The Kier molecular flexibility index (Phi) is 4.31. The first kappa shape index (κ1) is 13.7. The van der Waals surface area contributed by atoms with E-state index in [2.05, 4.69) is 36.9 Å². The highest BCUT2D eigenvalue weighted by molar-refractivity contribution is 9.10. The van der Waals surface area contributed by atoms with E-state index < -0.39 is 0 Å². The minimum Gasteiger partial charge on any atom is -0.321 e. The molecule has 0 saturated carbocycles. The Hall–Kier alpha value is -1.70. The maximum Gasteiger partial charge on any atom is 0.276 e. The van der Waals surface area contributed by atoms with Gasteiger partial charge in [0, 0.05) is 10.2 Å². The summed E-state index contributed by atoms with van der Waals surface area (Å²) in [7, 11) is 0. The minimum atomic E-state index is -0.380. The van der Waals surface area contributed by atoms with E-state index in [4.69, 9.17) is 17.4 Å². The molecule has 0 aliphatic rings. The molecular weight excluding hydrogens is 334 g/mol. The van der Waals surface area contributed by atoms with Gasteiger partial charge in [0.2, 0.25) is 0 Å². The second-order valence-electron chi connectivity index (χ2n) is 3.53. The first-order chi connectivity index (χ1) is 9.10. The van der Waals surface area contributed by atoms with Gasteiger partial charge in [0.15, 0.2) is 11.5 Å². The van der Waals surface area contributed by atoms with Gasteiger partial charge >= 0.3 is 0 Å². The molecule has 0 bridgehead atoms. The molecule has 0 aliphatic carbocycles. The zero-order valence-electron chi connectivity index (χ0n) is 9.52. The molecular formula is C11H9BrClN5O. The lowest BCUT2D eigenvalue weighted by molar-refractivity contribution is 0.102. The van der Waals surface area contributed by atoms with E-state index in [1.807, 2.05) is 0 Å². The highest BCUT2D eigenvalue weighted by Gasteiger charge is 2.09. The molecule has 19 heavy (non-hydrogen) atoms. The van der Waals surface area contributed by atoms with Gasteiger partial charge in [0.25, 0.3) is 5.91 Å². The van der Waals surface area contributed by atoms with Crippen LogP contribution in [0.3, 0.4) is 0 Å². The molecule has 0 unspecified atom stereocenters. The van der Waals surface area contributed by atoms with Crippen molar-refractivity contribution >= 4 is 44.9 Å². The second-order valence-corrected chi connectivity index (χ2v) is 4.79. The third kappa shape index (κ3) is 3.40. The van der Waals surface area contributed by atoms with Crippen LogP contribution in [0, 0.1) is 0 Å². The first-order valence-corrected chi connectivity index (χ1v) is 6.34. The number of rotatable bonds is 3. The van der Waals surface area contributed by atoms with Crippen LogP contribution in [-0.2, 0) is 0 Å². The van der Waals surface area contributed by atoms with Crippen molar-refractivity contribution in [2.24, 2.45) is 5.84 Å². The number of anilines is 2. The van der Waals surface area contributed by atoms with Crippen LogP contribution >= 0.6 is 27.5 Å². The molecule has 0 fully saturated rings. The SMILES string of the molecule is NNc1ccc(C(=O)Nc2ccc(Br)c(Cl)c2)nn1. The van der Waals surface area contributed by atoms with E-state index in [-0.39, 0.29) is 11.6 Å². The number of hydrogen-bond donors (Lipinski definition) is 3. The van der Waals surface area contributed by atoms with Crippen molar-refractivity contribution < 1.29 is 4.79 Å². The summed E-state index contributed by atoms with van der Waals surface area (Å²) in [6.07, 6.45) is 0. The van der Waals surface area contributed by atoms with E-state index >= 15 is 0 Å². The monoisotopic (exact) mass is 341 g/mol. The Morgan fingerprint density at radius 3 is 2.63 bits per heavy atom. The fourth-order valence-corrected chi connectivity index (χ4v) is 1.73. The number of halogens is 2. The third-order valence-corrected chi connectivity index (χ3v) is 3.46. The lowest BCUT2D eigenvalue weighted by atomic mass is 10.3. The predicted octanol–water partition coefficient (Wildman–Crippen LogP) is 2.43. The molecule has 1 aromatic heterocycles. The molecule has 1 heterocycles. The van der Waals surface area contributed by atoms with Crippen molar-refractivity contribution in [2.45, 2.75) is 0 Å². The van der Waals surface area contributed by atoms with Gasteiger partial charge in [-0.15, -0.1) is 10.2 Å². The van der Waals surface area contributed by atoms with Gasteiger partial charge in [0.1, 0.15) is 0 Å². The number of carbonyl (C=O) groups is 1. The smallest absolute Gasteiger partial charge is 0.276 e. The van der Waals surface area contributed by atoms with E-state index in [1.165, 1.54) is 6.07 Å². The third-order valence-electron chi connectivity index (χ3n) is 2.22. The Balaban J connectivity index is 2.13. The van der Waals surface area contributed by atoms with Crippen LogP contribution in [0.15, 0.2) is 34.8 Å². The summed E-state index contributed by atoms with van der Waals surface area (Å²) in [5.41, 5.74) is 3.08. The van der Waals surface area contributed by atoms with Crippen LogP contribution in [0.5, 0.6) is 0 Å². The topological polar surface area (TPSA) is 92.9 Å². The van der Waals surface area contributed by atoms with Crippen LogP contribution in [-0.4, -0.2) is 16.1 Å². The number of nitrogen functional groups attached to an aromatic ring is 1. The van der Waals surface area contributed by atoms with E-state index in [0.717, 1.165) is 4.47 Å². The number of benzene rings is 1. The second kappa shape index (κ2) is 5.96. The quantitative estimate of drug-likeness (QED) is 0.588. The van der Waals surface area contributed by atoms with Gasteiger partial charge in [-0.05, 0) is 46.3 Å². The molecule has 1 aromatic carbocycles. The zero-order chi connectivity index (χ0) is 13.8. The van der Waals surface area contributed by atoms with Gasteiger partial charge in [-0.2, -0.15) is 0 Å². The molecule has 0 spiro atoms. The van der Waals surface area contributed by atoms with Crippen LogP contribution < -0.4 is 16.6 Å². The van der Waals surface area contributed by atoms with Crippen molar-refractivity contribution in [3.63, 3.8) is 0 Å². The van der Waals surface area contributed by atoms with Crippen molar-refractivity contribution in [2.75, 3.05) is 10.7 Å². The predicted molar refractivity (Wildman–Crippen MR) is 76.9 cm³/mol.